The van der Waals surface area contributed by atoms with Gasteiger partial charge in [0.1, 0.15) is 5.75 Å². The van der Waals surface area contributed by atoms with Gasteiger partial charge in [-0.3, -0.25) is 0 Å². The molecular weight excluding hydrogens is 224 g/mol. The molecule has 1 atom stereocenters. The summed E-state index contributed by atoms with van der Waals surface area (Å²) in [5.74, 6) is 0.994. The molecule has 0 heterocycles. The molecule has 0 amide bonds. The molecule has 0 radical (unpaired) electrons. The summed E-state index contributed by atoms with van der Waals surface area (Å²) in [4.78, 5) is 0. The molecule has 0 aromatic heterocycles. The minimum absolute atomic E-state index is 0.321. The van der Waals surface area contributed by atoms with Crippen molar-refractivity contribution in [2.75, 3.05) is 7.11 Å². The van der Waals surface area contributed by atoms with Gasteiger partial charge in [0.2, 0.25) is 0 Å². The quantitative estimate of drug-likeness (QED) is 0.890. The Morgan fingerprint density at radius 3 is 2.17 bits per heavy atom. The molecule has 0 fully saturated rings. The van der Waals surface area contributed by atoms with E-state index in [0.29, 0.717) is 6.42 Å². The third-order valence-electron chi connectivity index (χ3n) is 4.14. The molecule has 1 aromatic carbocycles. The van der Waals surface area contributed by atoms with E-state index < -0.39 is 0 Å². The number of methoxy groups -OCH3 is 1. The van der Waals surface area contributed by atoms with E-state index in [0.717, 1.165) is 5.75 Å². The van der Waals surface area contributed by atoms with Gasteiger partial charge in [-0.05, 0) is 68.7 Å². The van der Waals surface area contributed by atoms with E-state index in [1.165, 1.54) is 53.5 Å². The zero-order valence-corrected chi connectivity index (χ0v) is 12.0. The minimum atomic E-state index is -0.321. The Labute approximate surface area is 110 Å². The van der Waals surface area contributed by atoms with Crippen molar-refractivity contribution >= 4 is 0 Å². The maximum absolute atomic E-state index is 9.69. The fraction of sp³-hybridized carbons (Fsp3) is 0.625. The summed E-state index contributed by atoms with van der Waals surface area (Å²) < 4.78 is 5.61. The van der Waals surface area contributed by atoms with E-state index in [2.05, 4.69) is 13.8 Å². The average Bonchev–Trinajstić information content (AvgIpc) is 2.36. The predicted molar refractivity (Wildman–Crippen MR) is 74.5 cm³/mol. The topological polar surface area (TPSA) is 29.5 Å². The van der Waals surface area contributed by atoms with Crippen LogP contribution in [-0.4, -0.2) is 18.3 Å². The first-order valence-corrected chi connectivity index (χ1v) is 6.92. The van der Waals surface area contributed by atoms with Crippen molar-refractivity contribution in [3.8, 4) is 5.75 Å². The van der Waals surface area contributed by atoms with Crippen LogP contribution < -0.4 is 4.74 Å². The van der Waals surface area contributed by atoms with Gasteiger partial charge in [-0.25, -0.2) is 0 Å². The van der Waals surface area contributed by atoms with Gasteiger partial charge in [0.05, 0.1) is 13.2 Å². The molecule has 1 unspecified atom stereocenters. The molecule has 0 spiro atoms. The van der Waals surface area contributed by atoms with Gasteiger partial charge < -0.3 is 9.84 Å². The standard InChI is InChI=1S/C16H24O2/c1-10(17)9-15-11(2)13-7-5-6-8-14(13)12(3)16(15)18-4/h10,17H,5-9H2,1-4H3. The highest BCUT2D eigenvalue weighted by Gasteiger charge is 2.22. The molecule has 1 aliphatic carbocycles. The number of hydrogen-bond donors (Lipinski definition) is 1. The van der Waals surface area contributed by atoms with E-state index in [1.807, 2.05) is 6.92 Å². The predicted octanol–water partition coefficient (Wildman–Crippen LogP) is 3.11. The molecule has 1 aromatic rings. The van der Waals surface area contributed by atoms with Crippen LogP contribution >= 0.6 is 0 Å². The second kappa shape index (κ2) is 5.31. The van der Waals surface area contributed by atoms with Crippen LogP contribution in [0, 0.1) is 13.8 Å². The van der Waals surface area contributed by atoms with Crippen molar-refractivity contribution in [3.63, 3.8) is 0 Å². The van der Waals surface area contributed by atoms with Crippen molar-refractivity contribution in [3.05, 3.63) is 27.8 Å². The maximum atomic E-state index is 9.69. The highest BCUT2D eigenvalue weighted by molar-refractivity contribution is 5.56. The monoisotopic (exact) mass is 248 g/mol. The molecule has 0 bridgehead atoms. The number of hydrogen-bond acceptors (Lipinski definition) is 2. The van der Waals surface area contributed by atoms with Gasteiger partial charge in [0.25, 0.3) is 0 Å². The Kier molecular flexibility index (Phi) is 3.96. The highest BCUT2D eigenvalue weighted by atomic mass is 16.5. The molecule has 2 heteroatoms. The number of aliphatic hydroxyl groups is 1. The Morgan fingerprint density at radius 2 is 1.67 bits per heavy atom. The molecule has 1 aliphatic rings. The van der Waals surface area contributed by atoms with Gasteiger partial charge >= 0.3 is 0 Å². The van der Waals surface area contributed by atoms with Crippen LogP contribution in [0.15, 0.2) is 0 Å². The number of ether oxygens (including phenoxy) is 1. The van der Waals surface area contributed by atoms with Gasteiger partial charge in [-0.2, -0.15) is 0 Å². The zero-order valence-electron chi connectivity index (χ0n) is 12.0. The van der Waals surface area contributed by atoms with E-state index in [4.69, 9.17) is 4.74 Å². The first-order valence-electron chi connectivity index (χ1n) is 6.92. The Hall–Kier alpha value is -1.02. The normalized spacial score (nSPS) is 16.3. The van der Waals surface area contributed by atoms with Crippen LogP contribution in [-0.2, 0) is 19.3 Å². The number of fused-ring (bicyclic) bond motifs is 1. The minimum Gasteiger partial charge on any atom is -0.496 e. The number of rotatable bonds is 3. The summed E-state index contributed by atoms with van der Waals surface area (Å²) in [5.41, 5.74) is 6.83. The Bertz CT molecular complexity index is 447. The van der Waals surface area contributed by atoms with Crippen LogP contribution in [0.4, 0.5) is 0 Å². The summed E-state index contributed by atoms with van der Waals surface area (Å²) in [5, 5.41) is 9.69. The van der Waals surface area contributed by atoms with Crippen molar-refractivity contribution < 1.29 is 9.84 Å². The zero-order chi connectivity index (χ0) is 13.3. The lowest BCUT2D eigenvalue weighted by molar-refractivity contribution is 0.194. The molecule has 18 heavy (non-hydrogen) atoms. The molecule has 100 valence electrons. The van der Waals surface area contributed by atoms with E-state index in [9.17, 15) is 5.11 Å². The first-order chi connectivity index (χ1) is 8.56. The van der Waals surface area contributed by atoms with Crippen LogP contribution in [0.3, 0.4) is 0 Å². The SMILES string of the molecule is COc1c(C)c2c(c(C)c1CC(C)O)CCCC2. The van der Waals surface area contributed by atoms with Crippen LogP contribution in [0.2, 0.25) is 0 Å². The average molecular weight is 248 g/mol. The molecule has 2 rings (SSSR count). The van der Waals surface area contributed by atoms with E-state index in [-0.39, 0.29) is 6.10 Å². The second-order valence-corrected chi connectivity index (χ2v) is 5.48. The van der Waals surface area contributed by atoms with Crippen LogP contribution in [0.25, 0.3) is 0 Å². The second-order valence-electron chi connectivity index (χ2n) is 5.48. The molecule has 0 saturated heterocycles. The lowest BCUT2D eigenvalue weighted by Gasteiger charge is -2.26. The van der Waals surface area contributed by atoms with Gasteiger partial charge in [0, 0.05) is 12.0 Å². The lowest BCUT2D eigenvalue weighted by Crippen LogP contribution is -2.14. The number of aliphatic hydroxyl groups excluding tert-OH is 1. The van der Waals surface area contributed by atoms with Gasteiger partial charge in [-0.15, -0.1) is 0 Å². The molecule has 0 saturated carbocycles. The van der Waals surface area contributed by atoms with Gasteiger partial charge in [0.15, 0.2) is 0 Å². The third-order valence-corrected chi connectivity index (χ3v) is 4.14. The molecule has 0 aliphatic heterocycles. The van der Waals surface area contributed by atoms with Crippen molar-refractivity contribution in [2.24, 2.45) is 0 Å². The van der Waals surface area contributed by atoms with Gasteiger partial charge in [-0.1, -0.05) is 0 Å². The van der Waals surface area contributed by atoms with E-state index >= 15 is 0 Å². The summed E-state index contributed by atoms with van der Waals surface area (Å²) in [7, 11) is 1.74. The summed E-state index contributed by atoms with van der Waals surface area (Å²) >= 11 is 0. The highest BCUT2D eigenvalue weighted by Crippen LogP contribution is 2.37. The van der Waals surface area contributed by atoms with Crippen molar-refractivity contribution in [1.29, 1.82) is 0 Å². The fourth-order valence-corrected chi connectivity index (χ4v) is 3.27. The number of benzene rings is 1. The smallest absolute Gasteiger partial charge is 0.125 e. The fourth-order valence-electron chi connectivity index (χ4n) is 3.27. The summed E-state index contributed by atoms with van der Waals surface area (Å²) in [6, 6.07) is 0. The first kappa shape index (κ1) is 13.4. The summed E-state index contributed by atoms with van der Waals surface area (Å²) in [6.07, 6.45) is 5.29. The lowest BCUT2D eigenvalue weighted by atomic mass is 9.82. The largest absolute Gasteiger partial charge is 0.496 e. The summed E-state index contributed by atoms with van der Waals surface area (Å²) in [6.45, 7) is 6.19. The van der Waals surface area contributed by atoms with Crippen LogP contribution in [0.1, 0.15) is 47.6 Å². The Morgan fingerprint density at radius 1 is 1.11 bits per heavy atom. The molecule has 1 N–H and O–H groups in total. The van der Waals surface area contributed by atoms with E-state index in [1.54, 1.807) is 7.11 Å². The van der Waals surface area contributed by atoms with Crippen molar-refractivity contribution in [2.45, 2.75) is 59.0 Å². The van der Waals surface area contributed by atoms with Crippen molar-refractivity contribution in [1.82, 2.24) is 0 Å². The third kappa shape index (κ3) is 2.26. The van der Waals surface area contributed by atoms with Crippen LogP contribution in [0.5, 0.6) is 5.75 Å². The molecule has 2 nitrogen and oxygen atoms in total. The Balaban J connectivity index is 2.60. The maximum Gasteiger partial charge on any atom is 0.125 e. The molecular formula is C16H24O2.